The first-order chi connectivity index (χ1) is 13.0. The van der Waals surface area contributed by atoms with Crippen LogP contribution in [0, 0.1) is 0 Å². The maximum absolute atomic E-state index is 13.2. The number of amides is 1. The molecule has 1 aromatic carbocycles. The molecule has 1 saturated heterocycles. The molecule has 3 heterocycles. The summed E-state index contributed by atoms with van der Waals surface area (Å²) in [6.07, 6.45) is 2.54. The average molecular weight is 372 g/mol. The molecule has 2 aliphatic heterocycles. The van der Waals surface area contributed by atoms with E-state index in [-0.39, 0.29) is 18.1 Å². The Labute approximate surface area is 158 Å². The summed E-state index contributed by atoms with van der Waals surface area (Å²) < 4.78 is 19.2. The Balaban J connectivity index is 1.51. The van der Waals surface area contributed by atoms with Crippen LogP contribution in [0.2, 0.25) is 0 Å². The van der Waals surface area contributed by atoms with Gasteiger partial charge in [0.25, 0.3) is 5.91 Å². The molecule has 2 aromatic rings. The van der Waals surface area contributed by atoms with Crippen LogP contribution in [-0.2, 0) is 16.1 Å². The number of hydrogen-bond acceptors (Lipinski definition) is 6. The number of likely N-dealkylation sites (tertiary alicyclic amines) is 1. The summed E-state index contributed by atoms with van der Waals surface area (Å²) in [6, 6.07) is 7.32. The molecule has 0 spiro atoms. The lowest BCUT2D eigenvalue weighted by molar-refractivity contribution is -0.152. The fourth-order valence-electron chi connectivity index (χ4n) is 3.77. The Morgan fingerprint density at radius 1 is 1.30 bits per heavy atom. The van der Waals surface area contributed by atoms with Gasteiger partial charge in [-0.3, -0.25) is 4.79 Å². The highest BCUT2D eigenvalue weighted by Crippen LogP contribution is 2.33. The van der Waals surface area contributed by atoms with Crippen LogP contribution in [0.5, 0.6) is 11.5 Å². The zero-order valence-corrected chi connectivity index (χ0v) is 15.8. The van der Waals surface area contributed by atoms with E-state index in [1.807, 2.05) is 27.8 Å². The maximum atomic E-state index is 13.2. The highest BCUT2D eigenvalue weighted by atomic mass is 16.5. The topological polar surface area (TPSA) is 78.7 Å². The lowest BCUT2D eigenvalue weighted by atomic mass is 9.98. The quantitative estimate of drug-likeness (QED) is 0.815. The number of ether oxygens (including phenoxy) is 3. The predicted molar refractivity (Wildman–Crippen MR) is 96.5 cm³/mol. The van der Waals surface area contributed by atoms with Crippen LogP contribution in [-0.4, -0.2) is 57.7 Å². The number of nitrogens with zero attached hydrogens (tertiary/aromatic N) is 4. The summed E-state index contributed by atoms with van der Waals surface area (Å²) in [5, 5.41) is 8.17. The highest BCUT2D eigenvalue weighted by Gasteiger charge is 2.42. The Hall–Kier alpha value is -2.61. The number of aromatic nitrogens is 3. The number of rotatable bonds is 4. The van der Waals surface area contributed by atoms with Gasteiger partial charge in [0.1, 0.15) is 0 Å². The molecule has 0 bridgehead atoms. The number of fused-ring (bicyclic) bond motifs is 3. The molecule has 0 aliphatic carbocycles. The van der Waals surface area contributed by atoms with Crippen LogP contribution in [0.15, 0.2) is 30.5 Å². The van der Waals surface area contributed by atoms with Gasteiger partial charge in [0.05, 0.1) is 37.8 Å². The summed E-state index contributed by atoms with van der Waals surface area (Å²) in [7, 11) is 1.58. The molecule has 8 nitrogen and oxygen atoms in total. The molecule has 27 heavy (non-hydrogen) atoms. The van der Waals surface area contributed by atoms with Gasteiger partial charge < -0.3 is 19.1 Å². The van der Waals surface area contributed by atoms with Gasteiger partial charge in [-0.15, -0.1) is 5.10 Å². The summed E-state index contributed by atoms with van der Waals surface area (Å²) in [5.41, 5.74) is -0.0857. The second kappa shape index (κ2) is 6.84. The van der Waals surface area contributed by atoms with Crippen LogP contribution in [0.3, 0.4) is 0 Å². The van der Waals surface area contributed by atoms with Crippen molar-refractivity contribution in [2.75, 3.05) is 20.2 Å². The van der Waals surface area contributed by atoms with E-state index in [0.29, 0.717) is 31.2 Å². The Morgan fingerprint density at radius 3 is 2.85 bits per heavy atom. The van der Waals surface area contributed by atoms with Gasteiger partial charge in [-0.1, -0.05) is 17.3 Å². The van der Waals surface area contributed by atoms with E-state index in [0.717, 1.165) is 12.1 Å². The minimum absolute atomic E-state index is 0.0176. The molecule has 8 heteroatoms. The predicted octanol–water partition coefficient (Wildman–Crippen LogP) is 1.82. The fraction of sp³-hybridized carbons (Fsp3) is 0.526. The van der Waals surface area contributed by atoms with Crippen molar-refractivity contribution in [2.45, 2.75) is 44.6 Å². The number of para-hydroxylation sites is 2. The van der Waals surface area contributed by atoms with Crippen molar-refractivity contribution in [2.24, 2.45) is 0 Å². The Kier molecular flexibility index (Phi) is 4.51. The van der Waals surface area contributed by atoms with Crippen molar-refractivity contribution in [3.63, 3.8) is 0 Å². The van der Waals surface area contributed by atoms with Gasteiger partial charge in [0.2, 0.25) is 0 Å². The smallest absolute Gasteiger partial charge is 0.266 e. The van der Waals surface area contributed by atoms with Crippen molar-refractivity contribution >= 4 is 5.91 Å². The Morgan fingerprint density at radius 2 is 2.07 bits per heavy atom. The van der Waals surface area contributed by atoms with E-state index in [1.165, 1.54) is 0 Å². The third-order valence-electron chi connectivity index (χ3n) is 5.17. The third kappa shape index (κ3) is 3.25. The lowest BCUT2D eigenvalue weighted by Crippen LogP contribution is -2.56. The van der Waals surface area contributed by atoms with Gasteiger partial charge >= 0.3 is 0 Å². The van der Waals surface area contributed by atoms with Crippen LogP contribution in [0.1, 0.15) is 32.0 Å². The van der Waals surface area contributed by atoms with Gasteiger partial charge in [-0.25, -0.2) is 4.68 Å². The monoisotopic (exact) mass is 372 g/mol. The molecular weight excluding hydrogens is 348 g/mol. The van der Waals surface area contributed by atoms with Gasteiger partial charge in [0, 0.05) is 13.1 Å². The molecule has 1 aromatic heterocycles. The van der Waals surface area contributed by atoms with E-state index in [4.69, 9.17) is 14.2 Å². The summed E-state index contributed by atoms with van der Waals surface area (Å²) in [4.78, 5) is 15.1. The van der Waals surface area contributed by atoms with E-state index < -0.39 is 5.60 Å². The van der Waals surface area contributed by atoms with Crippen molar-refractivity contribution < 1.29 is 19.0 Å². The summed E-state index contributed by atoms with van der Waals surface area (Å²) >= 11 is 0. The zero-order valence-electron chi connectivity index (χ0n) is 15.8. The summed E-state index contributed by atoms with van der Waals surface area (Å²) in [6.45, 7) is 5.24. The van der Waals surface area contributed by atoms with Crippen molar-refractivity contribution in [3.05, 3.63) is 36.2 Å². The molecule has 0 unspecified atom stereocenters. The maximum Gasteiger partial charge on any atom is 0.266 e. The number of benzene rings is 1. The summed E-state index contributed by atoms with van der Waals surface area (Å²) in [5.74, 6) is 1.08. The zero-order chi connectivity index (χ0) is 19.0. The lowest BCUT2D eigenvalue weighted by Gasteiger charge is -2.43. The van der Waals surface area contributed by atoms with Crippen LogP contribution < -0.4 is 9.47 Å². The van der Waals surface area contributed by atoms with Crippen LogP contribution in [0.25, 0.3) is 0 Å². The van der Waals surface area contributed by atoms with Crippen molar-refractivity contribution in [1.29, 1.82) is 0 Å². The third-order valence-corrected chi connectivity index (χ3v) is 5.17. The van der Waals surface area contributed by atoms with Crippen LogP contribution >= 0.6 is 0 Å². The van der Waals surface area contributed by atoms with Crippen molar-refractivity contribution in [3.8, 4) is 11.5 Å². The number of piperidine rings is 1. The number of methoxy groups -OCH3 is 1. The standard InChI is InChI=1S/C19H24N4O4/c1-19(2,27-17-7-5-4-6-16(17)25-3)18(24)22-9-8-15-14(11-22)23-13(12-26-15)10-20-21-23/h4-7,10,14-15H,8-9,11-12H2,1-3H3/t14-,15-/m0/s1. The molecular formula is C19H24N4O4. The van der Waals surface area contributed by atoms with E-state index >= 15 is 0 Å². The Bertz CT molecular complexity index is 835. The van der Waals surface area contributed by atoms with E-state index in [2.05, 4.69) is 10.3 Å². The molecule has 2 atom stereocenters. The largest absolute Gasteiger partial charge is 0.493 e. The SMILES string of the molecule is COc1ccccc1OC(C)(C)C(=O)N1CC[C@@H]2OCc3cnnn3[C@H]2C1. The normalized spacial score (nSPS) is 22.0. The number of carbonyl (C=O) groups is 1. The first-order valence-corrected chi connectivity index (χ1v) is 9.11. The molecule has 0 N–H and O–H groups in total. The molecule has 1 fully saturated rings. The second-order valence-electron chi connectivity index (χ2n) is 7.39. The van der Waals surface area contributed by atoms with Gasteiger partial charge in [-0.05, 0) is 32.4 Å². The molecule has 2 aliphatic rings. The van der Waals surface area contributed by atoms with Crippen LogP contribution in [0.4, 0.5) is 0 Å². The first-order valence-electron chi connectivity index (χ1n) is 9.11. The second-order valence-corrected chi connectivity index (χ2v) is 7.39. The minimum Gasteiger partial charge on any atom is -0.493 e. The van der Waals surface area contributed by atoms with E-state index in [9.17, 15) is 4.79 Å². The molecule has 1 amide bonds. The molecule has 0 radical (unpaired) electrons. The molecule has 4 rings (SSSR count). The average Bonchev–Trinajstić information content (AvgIpc) is 3.16. The number of carbonyl (C=O) groups excluding carboxylic acids is 1. The molecule has 144 valence electrons. The minimum atomic E-state index is -1.03. The number of hydrogen-bond donors (Lipinski definition) is 0. The molecule has 0 saturated carbocycles. The highest BCUT2D eigenvalue weighted by molar-refractivity contribution is 5.85. The van der Waals surface area contributed by atoms with E-state index in [1.54, 1.807) is 33.2 Å². The van der Waals surface area contributed by atoms with Crippen molar-refractivity contribution in [1.82, 2.24) is 19.9 Å². The first kappa shape index (κ1) is 17.8. The van der Waals surface area contributed by atoms with Gasteiger partial charge in [0.15, 0.2) is 17.1 Å². The fourth-order valence-corrected chi connectivity index (χ4v) is 3.77. The van der Waals surface area contributed by atoms with Gasteiger partial charge in [-0.2, -0.15) is 0 Å².